The smallest absolute Gasteiger partial charge is 0.169 e. The van der Waals surface area contributed by atoms with Gasteiger partial charge in [-0.3, -0.25) is 0 Å². The van der Waals surface area contributed by atoms with Gasteiger partial charge in [-0.15, -0.1) is 0 Å². The first-order valence-electron chi connectivity index (χ1n) is 10.2. The lowest BCUT2D eigenvalue weighted by Crippen LogP contribution is -2.19. The second-order valence-corrected chi connectivity index (χ2v) is 9.79. The molecule has 0 atom stereocenters. The first-order chi connectivity index (χ1) is 13.5. The van der Waals surface area contributed by atoms with Crippen molar-refractivity contribution in [2.75, 3.05) is 0 Å². The third kappa shape index (κ3) is 4.48. The summed E-state index contributed by atoms with van der Waals surface area (Å²) in [6.07, 6.45) is 0. The van der Waals surface area contributed by atoms with Crippen molar-refractivity contribution in [2.24, 2.45) is 0 Å². The first-order valence-corrected chi connectivity index (χ1v) is 10.2. The molecular formula is C27H32O2. The van der Waals surface area contributed by atoms with E-state index in [2.05, 4.69) is 84.9 Å². The van der Waals surface area contributed by atoms with Gasteiger partial charge in [0, 0.05) is 11.1 Å². The van der Waals surface area contributed by atoms with E-state index in [4.69, 9.17) is 4.74 Å². The fourth-order valence-corrected chi connectivity index (χ4v) is 3.56. The van der Waals surface area contributed by atoms with Crippen molar-refractivity contribution in [2.45, 2.75) is 59.3 Å². The molecule has 0 fully saturated rings. The Labute approximate surface area is 175 Å². The molecule has 2 heteroatoms. The van der Waals surface area contributed by atoms with Crippen LogP contribution in [0.4, 0.5) is 0 Å². The van der Waals surface area contributed by atoms with Crippen LogP contribution in [0.1, 0.15) is 58.2 Å². The maximum absolute atomic E-state index is 10.3. The molecule has 0 bridgehead atoms. The lowest BCUT2D eigenvalue weighted by atomic mass is 9.77. The number of hydrogen-bond donors (Lipinski definition) is 1. The Morgan fingerprint density at radius 3 is 1.76 bits per heavy atom. The van der Waals surface area contributed by atoms with Crippen molar-refractivity contribution in [1.29, 1.82) is 0 Å². The number of rotatable bonds is 3. The van der Waals surface area contributed by atoms with Crippen molar-refractivity contribution in [3.63, 3.8) is 0 Å². The second kappa shape index (κ2) is 7.59. The molecule has 3 aromatic carbocycles. The summed E-state index contributed by atoms with van der Waals surface area (Å²) in [5, 5.41) is 10.3. The highest BCUT2D eigenvalue weighted by atomic mass is 16.5. The molecule has 0 heterocycles. The lowest BCUT2D eigenvalue weighted by molar-refractivity contribution is 0.392. The molecule has 0 radical (unpaired) electrons. The molecule has 0 aliphatic rings. The van der Waals surface area contributed by atoms with E-state index in [0.717, 1.165) is 16.9 Å². The summed E-state index contributed by atoms with van der Waals surface area (Å²) in [6, 6.07) is 20.1. The highest BCUT2D eigenvalue weighted by Gasteiger charge is 2.29. The highest BCUT2D eigenvalue weighted by molar-refractivity contribution is 5.72. The van der Waals surface area contributed by atoms with Gasteiger partial charge in [-0.1, -0.05) is 77.9 Å². The van der Waals surface area contributed by atoms with E-state index in [1.807, 2.05) is 12.1 Å². The van der Waals surface area contributed by atoms with Crippen LogP contribution < -0.4 is 4.74 Å². The fraction of sp³-hybridized carbons (Fsp3) is 0.333. The Hall–Kier alpha value is -2.74. The molecule has 0 unspecified atom stereocenters. The van der Waals surface area contributed by atoms with Crippen LogP contribution in [0.25, 0.3) is 11.1 Å². The maximum atomic E-state index is 10.3. The molecule has 0 aliphatic heterocycles. The lowest BCUT2D eigenvalue weighted by Gasteiger charge is -2.31. The summed E-state index contributed by atoms with van der Waals surface area (Å²) in [5.74, 6) is 1.46. The first kappa shape index (κ1) is 21.0. The predicted molar refractivity (Wildman–Crippen MR) is 122 cm³/mol. The van der Waals surface area contributed by atoms with Gasteiger partial charge in [0.2, 0.25) is 0 Å². The average Bonchev–Trinajstić information content (AvgIpc) is 2.62. The van der Waals surface area contributed by atoms with E-state index in [1.54, 1.807) is 12.1 Å². The van der Waals surface area contributed by atoms with Gasteiger partial charge in [-0.25, -0.2) is 0 Å². The van der Waals surface area contributed by atoms with E-state index >= 15 is 0 Å². The van der Waals surface area contributed by atoms with Gasteiger partial charge in [-0.2, -0.15) is 0 Å². The standard InChI is InChI=1S/C27H32O2/c1-18-12-8-9-13-20(18)19-16-21(26(2,3)4)25(22(17-19)27(5,6)7)29-24-15-11-10-14-23(24)28/h8-17,28H,1-7H3. The SMILES string of the molecule is Cc1ccccc1-c1cc(C(C)(C)C)c(Oc2ccccc2O)c(C(C)(C)C)c1. The van der Waals surface area contributed by atoms with Gasteiger partial charge >= 0.3 is 0 Å². The van der Waals surface area contributed by atoms with Crippen molar-refractivity contribution in [3.05, 3.63) is 77.4 Å². The van der Waals surface area contributed by atoms with Crippen LogP contribution in [-0.2, 0) is 10.8 Å². The Morgan fingerprint density at radius 2 is 1.24 bits per heavy atom. The summed E-state index contributed by atoms with van der Waals surface area (Å²) in [6.45, 7) is 15.4. The van der Waals surface area contributed by atoms with E-state index in [-0.39, 0.29) is 16.6 Å². The summed E-state index contributed by atoms with van der Waals surface area (Å²) in [4.78, 5) is 0. The van der Waals surface area contributed by atoms with E-state index < -0.39 is 0 Å². The second-order valence-electron chi connectivity index (χ2n) is 9.79. The average molecular weight is 389 g/mol. The molecule has 0 saturated heterocycles. The van der Waals surface area contributed by atoms with E-state index in [9.17, 15) is 5.11 Å². The maximum Gasteiger partial charge on any atom is 0.169 e. The van der Waals surface area contributed by atoms with Gasteiger partial charge in [0.05, 0.1) is 0 Å². The summed E-state index contributed by atoms with van der Waals surface area (Å²) in [5.41, 5.74) is 5.69. The zero-order chi connectivity index (χ0) is 21.4. The van der Waals surface area contributed by atoms with Gasteiger partial charge < -0.3 is 9.84 Å². The number of aryl methyl sites for hydroxylation is 1. The molecule has 0 saturated carbocycles. The van der Waals surface area contributed by atoms with Crippen LogP contribution in [0, 0.1) is 6.92 Å². The Kier molecular flexibility index (Phi) is 5.49. The van der Waals surface area contributed by atoms with Crippen molar-refractivity contribution in [1.82, 2.24) is 0 Å². The predicted octanol–water partition coefficient (Wildman–Crippen LogP) is 7.75. The van der Waals surface area contributed by atoms with Crippen molar-refractivity contribution < 1.29 is 9.84 Å². The third-order valence-electron chi connectivity index (χ3n) is 5.24. The van der Waals surface area contributed by atoms with Crippen LogP contribution in [0.2, 0.25) is 0 Å². The number of benzene rings is 3. The quantitative estimate of drug-likeness (QED) is 0.497. The molecule has 1 N–H and O–H groups in total. The summed E-state index contributed by atoms with van der Waals surface area (Å²) in [7, 11) is 0. The molecule has 152 valence electrons. The number of ether oxygens (including phenoxy) is 1. The number of aromatic hydroxyl groups is 1. The number of para-hydroxylation sites is 2. The molecule has 3 rings (SSSR count). The summed E-state index contributed by atoms with van der Waals surface area (Å²) < 4.78 is 6.40. The molecule has 2 nitrogen and oxygen atoms in total. The minimum atomic E-state index is -0.127. The number of hydrogen-bond acceptors (Lipinski definition) is 2. The van der Waals surface area contributed by atoms with Crippen LogP contribution >= 0.6 is 0 Å². The largest absolute Gasteiger partial charge is 0.504 e. The van der Waals surface area contributed by atoms with Gasteiger partial charge in [-0.05, 0) is 58.7 Å². The third-order valence-corrected chi connectivity index (χ3v) is 5.24. The zero-order valence-electron chi connectivity index (χ0n) is 18.6. The molecular weight excluding hydrogens is 356 g/mol. The van der Waals surface area contributed by atoms with Gasteiger partial charge in [0.25, 0.3) is 0 Å². The summed E-state index contributed by atoms with van der Waals surface area (Å²) >= 11 is 0. The number of phenols is 1. The molecule has 3 aromatic rings. The molecule has 0 aromatic heterocycles. The monoisotopic (exact) mass is 388 g/mol. The van der Waals surface area contributed by atoms with E-state index in [1.165, 1.54) is 16.7 Å². The molecule has 0 aliphatic carbocycles. The molecule has 29 heavy (non-hydrogen) atoms. The normalized spacial score (nSPS) is 12.1. The highest BCUT2D eigenvalue weighted by Crippen LogP contribution is 2.46. The Balaban J connectivity index is 2.31. The zero-order valence-corrected chi connectivity index (χ0v) is 18.6. The van der Waals surface area contributed by atoms with E-state index in [0.29, 0.717) is 5.75 Å². The minimum Gasteiger partial charge on any atom is -0.504 e. The van der Waals surface area contributed by atoms with Gasteiger partial charge in [0.15, 0.2) is 11.5 Å². The van der Waals surface area contributed by atoms with Crippen molar-refractivity contribution >= 4 is 0 Å². The van der Waals surface area contributed by atoms with Crippen LogP contribution in [0.15, 0.2) is 60.7 Å². The van der Waals surface area contributed by atoms with Crippen LogP contribution in [-0.4, -0.2) is 5.11 Å². The topological polar surface area (TPSA) is 29.5 Å². The fourth-order valence-electron chi connectivity index (χ4n) is 3.56. The Morgan fingerprint density at radius 1 is 0.724 bits per heavy atom. The minimum absolute atomic E-state index is 0.127. The van der Waals surface area contributed by atoms with Crippen LogP contribution in [0.5, 0.6) is 17.2 Å². The molecule has 0 spiro atoms. The number of phenolic OH excluding ortho intramolecular Hbond substituents is 1. The Bertz CT molecular complexity index is 982. The molecule has 0 amide bonds. The van der Waals surface area contributed by atoms with Crippen LogP contribution in [0.3, 0.4) is 0 Å². The van der Waals surface area contributed by atoms with Crippen molar-refractivity contribution in [3.8, 4) is 28.4 Å². The van der Waals surface area contributed by atoms with Gasteiger partial charge in [0.1, 0.15) is 5.75 Å².